The lowest BCUT2D eigenvalue weighted by Crippen LogP contribution is -2.14. The van der Waals surface area contributed by atoms with Crippen molar-refractivity contribution in [3.8, 4) is 24.3 Å². The molecule has 7 aromatic heterocycles. The molecule has 3 aromatic carbocycles. The van der Waals surface area contributed by atoms with Crippen molar-refractivity contribution in [2.24, 2.45) is 17.8 Å². The van der Waals surface area contributed by atoms with Crippen LogP contribution in [0.1, 0.15) is 532 Å². The summed E-state index contributed by atoms with van der Waals surface area (Å²) in [4.78, 5) is 35.3. The minimum Gasteiger partial charge on any atom is -0.337 e. The summed E-state index contributed by atoms with van der Waals surface area (Å²) in [5.41, 5.74) is 13.9. The molecule has 792 valence electrons. The van der Waals surface area contributed by atoms with Gasteiger partial charge in [0.25, 0.3) is 0 Å². The molecule has 145 heavy (non-hydrogen) atoms. The van der Waals surface area contributed by atoms with E-state index in [2.05, 4.69) is 138 Å². The van der Waals surface area contributed by atoms with E-state index in [1.807, 2.05) is 106 Å². The van der Waals surface area contributed by atoms with E-state index in [1.165, 1.54) is 425 Å². The summed E-state index contributed by atoms with van der Waals surface area (Å²) in [7, 11) is 0. The van der Waals surface area contributed by atoms with Crippen LogP contribution >= 0.6 is 77.2 Å². The molecule has 3 unspecified atom stereocenters. The Labute approximate surface area is 910 Å². The second kappa shape index (κ2) is 68.9. The number of unbranched alkanes of at least 4 members (excludes halogenated alkanes) is 52. The number of allylic oxidation sites excluding steroid dienone is 6. The minimum atomic E-state index is -0.129. The monoisotopic (exact) mass is 2170 g/mol. The first-order valence-corrected chi connectivity index (χ1v) is 65.7. The Balaban J connectivity index is 0.00000532. The summed E-state index contributed by atoms with van der Waals surface area (Å²) in [5, 5.41) is 58.6. The number of aryl methyl sites for hydroxylation is 2. The van der Waals surface area contributed by atoms with Crippen LogP contribution < -0.4 is 0 Å². The van der Waals surface area contributed by atoms with E-state index in [9.17, 15) is 21.0 Å². The molecule has 0 N–H and O–H groups in total. The molecule has 0 spiro atoms. The van der Waals surface area contributed by atoms with Crippen molar-refractivity contribution in [3.63, 3.8) is 0 Å². The van der Waals surface area contributed by atoms with E-state index in [1.54, 1.807) is 0 Å². The third-order valence-corrected chi connectivity index (χ3v) is 36.8. The second-order valence-electron chi connectivity index (χ2n) is 42.9. The molecule has 17 heteroatoms. The Kier molecular flexibility index (Phi) is 57.0. The van der Waals surface area contributed by atoms with Gasteiger partial charge in [0.05, 0.1) is 56.8 Å². The van der Waals surface area contributed by atoms with Crippen LogP contribution in [0.5, 0.6) is 0 Å². The number of nitriles is 4. The molecule has 2 aliphatic rings. The smallest absolute Gasteiger partial charge is 0.194 e. The second-order valence-corrected chi connectivity index (χ2v) is 47.1. The van der Waals surface area contributed by atoms with E-state index in [0.717, 1.165) is 124 Å². The van der Waals surface area contributed by atoms with Gasteiger partial charge in [0.2, 0.25) is 0 Å². The molecule has 10 aromatic rings. The van der Waals surface area contributed by atoms with Gasteiger partial charge in [0.15, 0.2) is 11.6 Å². The molecular weight excluding hydrogens is 1980 g/mol. The largest absolute Gasteiger partial charge is 0.337 e. The standard InChI is InChI=1S/C126H179N9O2S4.2CH3Br/c1-9-17-25-32-38-44-48-52-58-65-76-94(74-63-56-50-42-36-29-21-13-5)91-133-115-111(123-117(133)125-121(140-123)103(83-67-60-54-46-40-34-27-19-11-3)107(138-125)85-105-109(97(87-127)88-128)99-79-69-71-81-101(99)119(105)136)113-114(132-135(131-113)93-96(73-24-16-8)78-62-31-23-15-7)112-116(115)134(92-95(75-64-57-51-43-37-30-22-14-6)77-66-59-53-49-45-39-33-26-18-10-2)118-124(112)141-122-104(84-68-61-55-47-41-35-28-20-12-4)108(139-126(118)122)86-106-110(98(89-129)90-130)100-80-70-72-82-102(100)120(106)137;2*1-2/h69-72,79-82,85-86,94-96H,9-68,73-78,83-84,91-93H2,1-8H3;2*1H3/b105-85-,106-86-;;. The van der Waals surface area contributed by atoms with Crippen LogP contribution in [-0.4, -0.2) is 47.4 Å². The van der Waals surface area contributed by atoms with E-state index in [0.29, 0.717) is 62.3 Å². The predicted octanol–water partition coefficient (Wildman–Crippen LogP) is 43.2. The number of alkyl halides is 2. The van der Waals surface area contributed by atoms with Crippen molar-refractivity contribution < 1.29 is 9.59 Å². The molecule has 0 radical (unpaired) electrons. The molecule has 2 aliphatic carbocycles. The molecule has 7 heterocycles. The number of carbonyl (C=O) groups excluding carboxylic acids is 2. The fourth-order valence-electron chi connectivity index (χ4n) is 23.5. The number of ketones is 2. The van der Waals surface area contributed by atoms with Crippen LogP contribution in [0.2, 0.25) is 0 Å². The average molecular weight is 2170 g/mol. The summed E-state index contributed by atoms with van der Waals surface area (Å²) in [6.45, 7) is 21.1. The number of fused-ring (bicyclic) bond motifs is 16. The van der Waals surface area contributed by atoms with Gasteiger partial charge in [0, 0.05) is 67.0 Å². The van der Waals surface area contributed by atoms with Crippen molar-refractivity contribution >= 4 is 184 Å². The summed E-state index contributed by atoms with van der Waals surface area (Å²) < 4.78 is 13.6. The van der Waals surface area contributed by atoms with Crippen molar-refractivity contribution in [3.05, 3.63) is 114 Å². The van der Waals surface area contributed by atoms with Gasteiger partial charge in [-0.25, -0.2) is 0 Å². The van der Waals surface area contributed by atoms with Crippen molar-refractivity contribution in [1.82, 2.24) is 24.1 Å². The highest BCUT2D eigenvalue weighted by atomic mass is 79.9. The molecule has 0 fully saturated rings. The maximum absolute atomic E-state index is 15.5. The number of halogens is 2. The first-order valence-electron chi connectivity index (χ1n) is 59.2. The van der Waals surface area contributed by atoms with Crippen molar-refractivity contribution in [1.29, 1.82) is 21.0 Å². The zero-order chi connectivity index (χ0) is 103. The lowest BCUT2D eigenvalue weighted by molar-refractivity contribution is 0.103. The third kappa shape index (κ3) is 34.1. The number of hydrogen-bond donors (Lipinski definition) is 0. The third-order valence-electron chi connectivity index (χ3n) is 31.7. The first kappa shape index (κ1) is 120. The summed E-state index contributed by atoms with van der Waals surface area (Å²) >= 11 is 13.6. The molecule has 0 bridgehead atoms. The van der Waals surface area contributed by atoms with Gasteiger partial charge in [-0.2, -0.15) is 36.0 Å². The quantitative estimate of drug-likeness (QED) is 0.0157. The molecule has 0 saturated heterocycles. The topological polar surface area (TPSA) is 170 Å². The fraction of sp³-hybridized carbons (Fsp3) is 0.656. The number of rotatable bonds is 76. The molecular formula is C128H185Br2N9O2S4. The van der Waals surface area contributed by atoms with Gasteiger partial charge in [-0.15, -0.1) is 45.3 Å². The number of hydrogen-bond acceptors (Lipinski definition) is 12. The molecule has 0 aliphatic heterocycles. The highest BCUT2D eigenvalue weighted by Crippen LogP contribution is 2.57. The number of thiophene rings is 4. The SMILES string of the molecule is CBr.CBr.CCCCCCCCCCCCC(CCCCCCCCCC)Cn1c2c3sc(/C=C4\C(=O)c5ccccc5C4=C(C#N)C#N)c(CCCCCCCCCCC)c3sc2c2c3nn(CC(CCCC)CCCCCC)nc3c3c4sc5c(CCCCCCCCCCC)c(/C=C6\C(=O)c7ccccc7C6=C(C#N)C#N)sc5c4n(CC(CCCCCCCCCC)CCCCCCCCCCCC)c3c21. The van der Waals surface area contributed by atoms with Gasteiger partial charge in [0.1, 0.15) is 46.5 Å². The molecule has 3 atom stereocenters. The van der Waals surface area contributed by atoms with Crippen LogP contribution in [0.4, 0.5) is 0 Å². The number of carbonyl (C=O) groups is 2. The van der Waals surface area contributed by atoms with Crippen LogP contribution in [0.25, 0.3) is 95.4 Å². The van der Waals surface area contributed by atoms with E-state index in [4.69, 9.17) is 10.2 Å². The maximum Gasteiger partial charge on any atom is 0.194 e. The number of nitrogens with zero attached hydrogens (tertiary/aromatic N) is 9. The Hall–Kier alpha value is -6.80. The first-order chi connectivity index (χ1) is 71.5. The lowest BCUT2D eigenvalue weighted by Gasteiger charge is -2.22. The summed E-state index contributed by atoms with van der Waals surface area (Å²) in [6, 6.07) is 24.4. The molecule has 0 amide bonds. The minimum absolute atomic E-state index is 0.0272. The number of Topliss-reactive ketones (excluding diaryl/α,β-unsaturated/α-hetero) is 2. The number of benzene rings is 3. The van der Waals surface area contributed by atoms with Crippen molar-refractivity contribution in [2.45, 2.75) is 512 Å². The van der Waals surface area contributed by atoms with E-state index < -0.39 is 0 Å². The van der Waals surface area contributed by atoms with Crippen LogP contribution in [0.15, 0.2) is 70.8 Å². The normalized spacial score (nSPS) is 13.7. The van der Waals surface area contributed by atoms with E-state index in [-0.39, 0.29) is 22.7 Å². The van der Waals surface area contributed by atoms with Gasteiger partial charge in [-0.05, 0) is 128 Å². The average Bonchev–Trinajstić information content (AvgIpc) is 1.50. The fourth-order valence-corrected chi connectivity index (χ4v) is 29.4. The Bertz CT molecular complexity index is 5500. The van der Waals surface area contributed by atoms with Gasteiger partial charge >= 0.3 is 0 Å². The highest BCUT2D eigenvalue weighted by molar-refractivity contribution is 9.09. The molecule has 12 rings (SSSR count). The van der Waals surface area contributed by atoms with E-state index >= 15 is 9.59 Å². The lowest BCUT2D eigenvalue weighted by atomic mass is 9.93. The Morgan fingerprint density at radius 1 is 0.297 bits per heavy atom. The summed E-state index contributed by atoms with van der Waals surface area (Å²) in [5.74, 6) is 4.55. The zero-order valence-corrected chi connectivity index (χ0v) is 98.4. The molecule has 11 nitrogen and oxygen atoms in total. The molecule has 0 saturated carbocycles. The van der Waals surface area contributed by atoms with Crippen molar-refractivity contribution in [2.75, 3.05) is 11.7 Å². The van der Waals surface area contributed by atoms with Crippen LogP contribution in [0, 0.1) is 63.1 Å². The number of aromatic nitrogens is 5. The summed E-state index contributed by atoms with van der Waals surface area (Å²) in [6.07, 6.45) is 88.3. The Morgan fingerprint density at radius 3 is 0.814 bits per heavy atom. The maximum atomic E-state index is 15.5. The highest BCUT2D eigenvalue weighted by Gasteiger charge is 2.38. The zero-order valence-electron chi connectivity index (χ0n) is 91.9. The van der Waals surface area contributed by atoms with Gasteiger partial charge in [-0.3, -0.25) is 9.59 Å². The van der Waals surface area contributed by atoms with Gasteiger partial charge in [-0.1, -0.05) is 508 Å². The Morgan fingerprint density at radius 2 is 0.538 bits per heavy atom. The van der Waals surface area contributed by atoms with Crippen LogP contribution in [-0.2, 0) is 32.5 Å². The van der Waals surface area contributed by atoms with Gasteiger partial charge < -0.3 is 9.13 Å². The van der Waals surface area contributed by atoms with Crippen LogP contribution in [0.3, 0.4) is 0 Å². The predicted molar refractivity (Wildman–Crippen MR) is 642 cm³/mol.